The first-order valence-corrected chi connectivity index (χ1v) is 9.83. The van der Waals surface area contributed by atoms with Crippen LogP contribution in [0.2, 0.25) is 0 Å². The van der Waals surface area contributed by atoms with Crippen molar-refractivity contribution in [2.24, 2.45) is 5.92 Å². The Morgan fingerprint density at radius 1 is 0.692 bits per heavy atom. The Morgan fingerprint density at radius 3 is 1.12 bits per heavy atom. The van der Waals surface area contributed by atoms with E-state index < -0.39 is 13.9 Å². The molecule has 0 aliphatic rings. The standard InChI is InChI=1S/C18H15P.C4H8O2.Au/c1-4-10-16(11-5-1)19(17-12-6-2-7-13-17)18-14-8-3-9-15-18;1-3(2)4(5)6;/h1-15H;3H,1-2H3,(H,5,6);/q;;+1. The third kappa shape index (κ3) is 6.90. The van der Waals surface area contributed by atoms with E-state index in [0.29, 0.717) is 0 Å². The Labute approximate surface area is 172 Å². The minimum absolute atomic E-state index is 0. The minimum Gasteiger partial charge on any atom is -0.550 e. The summed E-state index contributed by atoms with van der Waals surface area (Å²) >= 11 is 0. The maximum absolute atomic E-state index is 9.59. The summed E-state index contributed by atoms with van der Waals surface area (Å²) in [6, 6.07) is 32.5. The van der Waals surface area contributed by atoms with E-state index >= 15 is 0 Å². The van der Waals surface area contributed by atoms with Crippen LogP contribution in [0.25, 0.3) is 0 Å². The molecule has 0 unspecified atom stereocenters. The van der Waals surface area contributed by atoms with Crippen LogP contribution in [0.15, 0.2) is 91.0 Å². The van der Waals surface area contributed by atoms with Gasteiger partial charge in [0.2, 0.25) is 0 Å². The normalized spacial score (nSPS) is 9.85. The van der Waals surface area contributed by atoms with Gasteiger partial charge < -0.3 is 9.90 Å². The van der Waals surface area contributed by atoms with Crippen molar-refractivity contribution in [2.75, 3.05) is 0 Å². The summed E-state index contributed by atoms with van der Waals surface area (Å²) in [4.78, 5) is 9.59. The molecule has 4 heteroatoms. The van der Waals surface area contributed by atoms with Gasteiger partial charge in [0.1, 0.15) is 15.9 Å². The van der Waals surface area contributed by atoms with E-state index in [1.807, 2.05) is 0 Å². The van der Waals surface area contributed by atoms with E-state index in [1.54, 1.807) is 13.8 Å². The summed E-state index contributed by atoms with van der Waals surface area (Å²) in [6.07, 6.45) is 0. The topological polar surface area (TPSA) is 40.1 Å². The molecule has 3 rings (SSSR count). The van der Waals surface area contributed by atoms with Crippen LogP contribution in [0, 0.1) is 5.92 Å². The molecule has 0 bridgehead atoms. The van der Waals surface area contributed by atoms with Gasteiger partial charge in [0.05, 0.1) is 7.92 Å². The van der Waals surface area contributed by atoms with Gasteiger partial charge in [0.25, 0.3) is 0 Å². The molecular weight excluding hydrogens is 524 g/mol. The second-order valence-corrected chi connectivity index (χ2v) is 8.43. The van der Waals surface area contributed by atoms with E-state index in [2.05, 4.69) is 91.0 Å². The summed E-state index contributed by atoms with van der Waals surface area (Å²) < 4.78 is 0. The zero-order chi connectivity index (χ0) is 18.1. The van der Waals surface area contributed by atoms with Gasteiger partial charge in [-0.15, -0.1) is 0 Å². The molecule has 3 aromatic rings. The fourth-order valence-corrected chi connectivity index (χ4v) is 4.89. The van der Waals surface area contributed by atoms with Crippen molar-refractivity contribution in [3.05, 3.63) is 91.0 Å². The van der Waals surface area contributed by atoms with Gasteiger partial charge in [-0.1, -0.05) is 68.4 Å². The van der Waals surface area contributed by atoms with Crippen LogP contribution in [0.5, 0.6) is 0 Å². The van der Waals surface area contributed by atoms with Crippen molar-refractivity contribution in [3.63, 3.8) is 0 Å². The summed E-state index contributed by atoms with van der Waals surface area (Å²) in [5.41, 5.74) is 0. The van der Waals surface area contributed by atoms with Crippen molar-refractivity contribution in [3.8, 4) is 0 Å². The van der Waals surface area contributed by atoms with Gasteiger partial charge in [-0.05, 0) is 42.3 Å². The predicted molar refractivity (Wildman–Crippen MR) is 106 cm³/mol. The molecule has 0 saturated heterocycles. The molecule has 0 N–H and O–H groups in total. The Balaban J connectivity index is 0.000000422. The number of carboxylic acids is 1. The molecule has 138 valence electrons. The molecule has 0 heterocycles. The molecule has 0 saturated carbocycles. The quantitative estimate of drug-likeness (QED) is 0.373. The number of benzene rings is 3. The number of hydrogen-bond acceptors (Lipinski definition) is 2. The third-order valence-electron chi connectivity index (χ3n) is 3.66. The van der Waals surface area contributed by atoms with Crippen molar-refractivity contribution in [1.82, 2.24) is 0 Å². The number of carbonyl (C=O) groups excluding carboxylic acids is 1. The van der Waals surface area contributed by atoms with Gasteiger partial charge in [0, 0.05) is 5.97 Å². The molecule has 2 nitrogen and oxygen atoms in total. The molecule has 3 aromatic carbocycles. The second-order valence-electron chi connectivity index (χ2n) is 5.95. The Morgan fingerprint density at radius 2 is 0.923 bits per heavy atom. The summed E-state index contributed by atoms with van der Waals surface area (Å²) in [5.74, 6) is -1.33. The van der Waals surface area contributed by atoms with Gasteiger partial charge >= 0.3 is 22.4 Å². The number of aliphatic carboxylic acids is 1. The maximum atomic E-state index is 9.59. The number of hydrogen-bond donors (Lipinski definition) is 0. The van der Waals surface area contributed by atoms with E-state index in [0.717, 1.165) is 0 Å². The van der Waals surface area contributed by atoms with Gasteiger partial charge in [-0.3, -0.25) is 0 Å². The molecule has 0 aliphatic carbocycles. The van der Waals surface area contributed by atoms with E-state index in [4.69, 9.17) is 0 Å². The van der Waals surface area contributed by atoms with Crippen LogP contribution in [-0.4, -0.2) is 5.97 Å². The predicted octanol–water partition coefficient (Wildman–Crippen LogP) is 2.57. The number of carbonyl (C=O) groups is 1. The second kappa shape index (κ2) is 11.8. The minimum atomic E-state index is -0.991. The van der Waals surface area contributed by atoms with Crippen molar-refractivity contribution >= 4 is 29.8 Å². The Hall–Kier alpha value is -1.70. The Kier molecular flexibility index (Phi) is 10.2. The molecule has 0 fully saturated rings. The van der Waals surface area contributed by atoms with Crippen LogP contribution in [0.1, 0.15) is 13.8 Å². The van der Waals surface area contributed by atoms with Crippen molar-refractivity contribution in [1.29, 1.82) is 0 Å². The summed E-state index contributed by atoms with van der Waals surface area (Å²) in [7, 11) is -0.877. The van der Waals surface area contributed by atoms with Gasteiger partial charge in [-0.2, -0.15) is 0 Å². The molecule has 0 aliphatic heterocycles. The van der Waals surface area contributed by atoms with Crippen LogP contribution < -0.4 is 21.0 Å². The fourth-order valence-electron chi connectivity index (χ4n) is 2.31. The van der Waals surface area contributed by atoms with E-state index in [-0.39, 0.29) is 28.3 Å². The average Bonchev–Trinajstić information content (AvgIpc) is 2.65. The summed E-state index contributed by atoms with van der Waals surface area (Å²) in [5, 5.41) is 13.9. The number of rotatable bonds is 4. The molecule has 0 atom stereocenters. The van der Waals surface area contributed by atoms with E-state index in [9.17, 15) is 9.90 Å². The van der Waals surface area contributed by atoms with E-state index in [1.165, 1.54) is 15.9 Å². The summed E-state index contributed by atoms with van der Waals surface area (Å²) in [6.45, 7) is 3.16. The van der Waals surface area contributed by atoms with Gasteiger partial charge in [0.15, 0.2) is 0 Å². The SMILES string of the molecule is CC(C)C(=O)[O-].[Au+].c1ccc([PH+](c2ccccc2)c2ccccc2)cc1. The monoisotopic (exact) mass is 547 g/mol. The van der Waals surface area contributed by atoms with Crippen LogP contribution in [-0.2, 0) is 27.2 Å². The first kappa shape index (κ1) is 22.3. The zero-order valence-corrected chi connectivity index (χ0v) is 18.0. The zero-order valence-electron chi connectivity index (χ0n) is 14.9. The molecule has 26 heavy (non-hydrogen) atoms. The van der Waals surface area contributed by atoms with Crippen LogP contribution in [0.4, 0.5) is 0 Å². The van der Waals surface area contributed by atoms with Crippen LogP contribution >= 0.6 is 7.92 Å². The van der Waals surface area contributed by atoms with Crippen LogP contribution in [0.3, 0.4) is 0 Å². The average molecular weight is 547 g/mol. The van der Waals surface area contributed by atoms with Crippen molar-refractivity contribution < 1.29 is 32.3 Å². The molecule has 0 amide bonds. The first-order valence-electron chi connectivity index (χ1n) is 8.33. The first-order chi connectivity index (χ1) is 12.1. The molecule has 0 aromatic heterocycles. The third-order valence-corrected chi connectivity index (χ3v) is 6.39. The Bertz CT molecular complexity index is 668. The largest absolute Gasteiger partial charge is 1.00 e. The van der Waals surface area contributed by atoms with Crippen molar-refractivity contribution in [2.45, 2.75) is 13.8 Å². The van der Waals surface area contributed by atoms with Gasteiger partial charge in [-0.25, -0.2) is 0 Å². The fraction of sp³-hybridized carbons (Fsp3) is 0.136. The number of carboxylic acid groups (broad SMARTS) is 1. The molecule has 0 spiro atoms. The maximum Gasteiger partial charge on any atom is 1.00 e. The smallest absolute Gasteiger partial charge is 0.550 e. The molecule has 0 radical (unpaired) electrons. The molecular formula is C22H23AuO2P+.